The van der Waals surface area contributed by atoms with Gasteiger partial charge in [0.15, 0.2) is 11.1 Å². The summed E-state index contributed by atoms with van der Waals surface area (Å²) >= 11 is 0. The number of azo groups is 1. The Bertz CT molecular complexity index is 432. The minimum atomic E-state index is -0.740. The predicted molar refractivity (Wildman–Crippen MR) is 73.9 cm³/mol. The van der Waals surface area contributed by atoms with E-state index in [1.54, 1.807) is 7.11 Å². The second-order valence-corrected chi connectivity index (χ2v) is 5.98. The van der Waals surface area contributed by atoms with Crippen molar-refractivity contribution in [2.75, 3.05) is 7.11 Å². The Kier molecular flexibility index (Phi) is 4.73. The summed E-state index contributed by atoms with van der Waals surface area (Å²) in [6.45, 7) is 0. The molecule has 2 aliphatic rings. The van der Waals surface area contributed by atoms with Crippen LogP contribution in [-0.2, 0) is 4.74 Å². The molecule has 5 nitrogen and oxygen atoms in total. The molecule has 0 amide bonds. The summed E-state index contributed by atoms with van der Waals surface area (Å²) in [6, 6.07) is 4.64. The number of nitriles is 2. The normalized spacial score (nSPS) is 33.5. The molecule has 20 heavy (non-hydrogen) atoms. The number of hydrogen-bond acceptors (Lipinski definition) is 5. The van der Waals surface area contributed by atoms with Gasteiger partial charge in [0.05, 0.1) is 18.2 Å². The third-order valence-electron chi connectivity index (χ3n) is 4.62. The van der Waals surface area contributed by atoms with Crippen molar-refractivity contribution in [3.8, 4) is 12.1 Å². The molecule has 0 atom stereocenters. The molecule has 0 unspecified atom stereocenters. The van der Waals surface area contributed by atoms with E-state index in [0.29, 0.717) is 12.8 Å². The molecule has 0 aliphatic heterocycles. The first-order chi connectivity index (χ1) is 9.67. The van der Waals surface area contributed by atoms with E-state index in [1.165, 1.54) is 0 Å². The molecule has 0 radical (unpaired) electrons. The van der Waals surface area contributed by atoms with Gasteiger partial charge in [0.25, 0.3) is 0 Å². The van der Waals surface area contributed by atoms with E-state index in [0.717, 1.165) is 44.9 Å². The SMILES string of the molecule is COC1CCC(C#N)(N=NC2(C#N)CCCCC2)CC1. The van der Waals surface area contributed by atoms with Crippen LogP contribution in [0.5, 0.6) is 0 Å². The molecule has 0 heterocycles. The molecular weight excluding hydrogens is 252 g/mol. The van der Waals surface area contributed by atoms with Crippen LogP contribution in [0.3, 0.4) is 0 Å². The first-order valence-corrected chi connectivity index (χ1v) is 7.47. The van der Waals surface area contributed by atoms with Crippen molar-refractivity contribution in [2.24, 2.45) is 10.2 Å². The van der Waals surface area contributed by atoms with Crippen LogP contribution >= 0.6 is 0 Å². The molecule has 2 fully saturated rings. The molecule has 0 saturated heterocycles. The lowest BCUT2D eigenvalue weighted by atomic mass is 9.81. The molecule has 0 aromatic heterocycles. The fraction of sp³-hybridized carbons (Fsp3) is 0.867. The molecule has 2 rings (SSSR count). The number of nitrogens with zero attached hydrogens (tertiary/aromatic N) is 4. The molecule has 0 N–H and O–H groups in total. The van der Waals surface area contributed by atoms with Crippen molar-refractivity contribution >= 4 is 0 Å². The van der Waals surface area contributed by atoms with Crippen molar-refractivity contribution in [3.63, 3.8) is 0 Å². The van der Waals surface area contributed by atoms with Crippen LogP contribution in [0, 0.1) is 22.7 Å². The van der Waals surface area contributed by atoms with Gasteiger partial charge in [-0.25, -0.2) is 0 Å². The summed E-state index contributed by atoms with van der Waals surface area (Å²) in [7, 11) is 1.71. The highest BCUT2D eigenvalue weighted by Gasteiger charge is 2.38. The topological polar surface area (TPSA) is 81.5 Å². The Morgan fingerprint density at radius 3 is 1.85 bits per heavy atom. The summed E-state index contributed by atoms with van der Waals surface area (Å²) in [6.07, 6.45) is 8.01. The number of hydrogen-bond donors (Lipinski definition) is 0. The van der Waals surface area contributed by atoms with Crippen LogP contribution in [0.1, 0.15) is 57.8 Å². The molecule has 5 heteroatoms. The Morgan fingerprint density at radius 2 is 1.40 bits per heavy atom. The number of methoxy groups -OCH3 is 1. The van der Waals surface area contributed by atoms with Crippen LogP contribution in [0.25, 0.3) is 0 Å². The molecule has 0 spiro atoms. The molecule has 0 aromatic rings. The van der Waals surface area contributed by atoms with Crippen molar-refractivity contribution in [3.05, 3.63) is 0 Å². The van der Waals surface area contributed by atoms with Gasteiger partial charge in [-0.15, -0.1) is 0 Å². The van der Waals surface area contributed by atoms with Gasteiger partial charge in [0.2, 0.25) is 0 Å². The van der Waals surface area contributed by atoms with Crippen LogP contribution < -0.4 is 0 Å². The summed E-state index contributed by atoms with van der Waals surface area (Å²) in [4.78, 5) is 0. The van der Waals surface area contributed by atoms with Crippen molar-refractivity contribution in [1.82, 2.24) is 0 Å². The third-order valence-corrected chi connectivity index (χ3v) is 4.62. The highest BCUT2D eigenvalue weighted by molar-refractivity contribution is 5.12. The molecule has 0 aromatic carbocycles. The van der Waals surface area contributed by atoms with E-state index in [4.69, 9.17) is 4.74 Å². The minimum absolute atomic E-state index is 0.228. The van der Waals surface area contributed by atoms with Gasteiger partial charge in [-0.05, 0) is 51.4 Å². The lowest BCUT2D eigenvalue weighted by Crippen LogP contribution is -2.35. The average molecular weight is 274 g/mol. The smallest absolute Gasteiger partial charge is 0.167 e. The van der Waals surface area contributed by atoms with Crippen LogP contribution in [0.4, 0.5) is 0 Å². The monoisotopic (exact) mass is 274 g/mol. The van der Waals surface area contributed by atoms with Gasteiger partial charge in [-0.3, -0.25) is 0 Å². The number of ether oxygens (including phenoxy) is 1. The maximum absolute atomic E-state index is 9.46. The van der Waals surface area contributed by atoms with E-state index in [2.05, 4.69) is 22.4 Å². The zero-order valence-corrected chi connectivity index (χ0v) is 12.1. The quantitative estimate of drug-likeness (QED) is 0.738. The summed E-state index contributed by atoms with van der Waals surface area (Å²) in [5.74, 6) is 0. The molecule has 2 aliphatic carbocycles. The Labute approximate surface area is 120 Å². The van der Waals surface area contributed by atoms with Crippen LogP contribution in [0.15, 0.2) is 10.2 Å². The Balaban J connectivity index is 2.08. The van der Waals surface area contributed by atoms with Gasteiger partial charge in [-0.2, -0.15) is 20.8 Å². The molecule has 108 valence electrons. The number of rotatable bonds is 3. The first-order valence-electron chi connectivity index (χ1n) is 7.47. The zero-order valence-electron chi connectivity index (χ0n) is 12.1. The van der Waals surface area contributed by atoms with E-state index in [9.17, 15) is 10.5 Å². The van der Waals surface area contributed by atoms with Crippen molar-refractivity contribution in [2.45, 2.75) is 75.0 Å². The molecular formula is C15H22N4O. The highest BCUT2D eigenvalue weighted by Crippen LogP contribution is 2.36. The summed E-state index contributed by atoms with van der Waals surface area (Å²) < 4.78 is 5.33. The van der Waals surface area contributed by atoms with Gasteiger partial charge in [-0.1, -0.05) is 6.42 Å². The highest BCUT2D eigenvalue weighted by atomic mass is 16.5. The first kappa shape index (κ1) is 14.9. The van der Waals surface area contributed by atoms with Gasteiger partial charge in [0.1, 0.15) is 0 Å². The van der Waals surface area contributed by atoms with Gasteiger partial charge >= 0.3 is 0 Å². The largest absolute Gasteiger partial charge is 0.381 e. The van der Waals surface area contributed by atoms with E-state index < -0.39 is 11.1 Å². The second-order valence-electron chi connectivity index (χ2n) is 5.98. The van der Waals surface area contributed by atoms with Crippen LogP contribution in [-0.4, -0.2) is 24.3 Å². The maximum Gasteiger partial charge on any atom is 0.167 e. The Hall–Kier alpha value is -1.46. The fourth-order valence-corrected chi connectivity index (χ4v) is 3.10. The second kappa shape index (κ2) is 6.33. The minimum Gasteiger partial charge on any atom is -0.381 e. The van der Waals surface area contributed by atoms with E-state index >= 15 is 0 Å². The van der Waals surface area contributed by atoms with Gasteiger partial charge < -0.3 is 4.74 Å². The lowest BCUT2D eigenvalue weighted by Gasteiger charge is -2.32. The summed E-state index contributed by atoms with van der Waals surface area (Å²) in [5, 5.41) is 27.6. The lowest BCUT2D eigenvalue weighted by molar-refractivity contribution is 0.0574. The van der Waals surface area contributed by atoms with Crippen LogP contribution in [0.2, 0.25) is 0 Å². The Morgan fingerprint density at radius 1 is 0.900 bits per heavy atom. The molecule has 0 bridgehead atoms. The summed E-state index contributed by atoms with van der Waals surface area (Å²) in [5.41, 5.74) is -1.42. The maximum atomic E-state index is 9.46. The third kappa shape index (κ3) is 3.16. The standard InChI is InChI=1S/C15H22N4O/c1-20-13-5-9-15(12-17,10-6-13)19-18-14(11-16)7-3-2-4-8-14/h13H,2-10H2,1H3. The van der Waals surface area contributed by atoms with E-state index in [1.807, 2.05) is 0 Å². The van der Waals surface area contributed by atoms with E-state index in [-0.39, 0.29) is 6.10 Å². The van der Waals surface area contributed by atoms with Crippen molar-refractivity contribution in [1.29, 1.82) is 10.5 Å². The average Bonchev–Trinajstić information content (AvgIpc) is 2.54. The van der Waals surface area contributed by atoms with Gasteiger partial charge in [0, 0.05) is 7.11 Å². The fourth-order valence-electron chi connectivity index (χ4n) is 3.10. The van der Waals surface area contributed by atoms with Crippen molar-refractivity contribution < 1.29 is 4.74 Å². The molecule has 2 saturated carbocycles. The predicted octanol–water partition coefficient (Wildman–Crippen LogP) is 3.52. The zero-order chi connectivity index (χ0) is 14.5.